The number of benzene rings is 2. The molecule has 0 spiro atoms. The van der Waals surface area contributed by atoms with Crippen LogP contribution in [-0.4, -0.2) is 47.2 Å². The number of hydrogen-bond donors (Lipinski definition) is 1. The maximum absolute atomic E-state index is 12.0. The Morgan fingerprint density at radius 3 is 2.53 bits per heavy atom. The minimum atomic E-state index is -0.557. The third kappa shape index (κ3) is 6.07. The van der Waals surface area contributed by atoms with E-state index < -0.39 is 5.97 Å². The predicted molar refractivity (Wildman–Crippen MR) is 131 cm³/mol. The van der Waals surface area contributed by atoms with Gasteiger partial charge in [0.2, 0.25) is 17.7 Å². The number of anilines is 3. The van der Waals surface area contributed by atoms with E-state index in [0.717, 1.165) is 11.3 Å². The number of ether oxygens (including phenoxy) is 2. The van der Waals surface area contributed by atoms with Crippen LogP contribution in [0.2, 0.25) is 0 Å². The highest BCUT2D eigenvalue weighted by atomic mass is 16.5. The molecule has 1 aliphatic rings. The second kappa shape index (κ2) is 11.2. The lowest BCUT2D eigenvalue weighted by molar-refractivity contribution is 0.0701. The average Bonchev–Trinajstić information content (AvgIpc) is 3.46. The van der Waals surface area contributed by atoms with E-state index in [9.17, 15) is 4.79 Å². The molecule has 0 atom stereocenters. The molecule has 3 heterocycles. The third-order valence-electron chi connectivity index (χ3n) is 5.21. The van der Waals surface area contributed by atoms with E-state index >= 15 is 0 Å². The highest BCUT2D eigenvalue weighted by Crippen LogP contribution is 2.21. The van der Waals surface area contributed by atoms with Crippen molar-refractivity contribution in [2.45, 2.75) is 6.54 Å². The highest BCUT2D eigenvalue weighted by Gasteiger charge is 2.17. The Bertz CT molecular complexity index is 1310. The highest BCUT2D eigenvalue weighted by molar-refractivity contribution is 5.88. The summed E-state index contributed by atoms with van der Waals surface area (Å²) in [5, 5.41) is 11.7. The number of carbonyl (C=O) groups is 1. The van der Waals surface area contributed by atoms with Crippen LogP contribution in [0.3, 0.4) is 0 Å². The van der Waals surface area contributed by atoms with Crippen molar-refractivity contribution in [1.29, 1.82) is 0 Å². The summed E-state index contributed by atoms with van der Waals surface area (Å²) < 4.78 is 15.8. The van der Waals surface area contributed by atoms with Gasteiger partial charge in [0, 0.05) is 18.8 Å². The first kappa shape index (κ1) is 23.1. The molecule has 5 rings (SSSR count). The van der Waals surface area contributed by atoms with Gasteiger partial charge < -0.3 is 24.1 Å². The molecule has 0 aliphatic carbocycles. The van der Waals surface area contributed by atoms with Gasteiger partial charge in [-0.05, 0) is 42.0 Å². The fourth-order valence-corrected chi connectivity index (χ4v) is 3.41. The Labute approximate surface area is 206 Å². The summed E-state index contributed by atoms with van der Waals surface area (Å²) in [5.74, 6) is 1.09. The van der Waals surface area contributed by atoms with Crippen molar-refractivity contribution in [3.63, 3.8) is 0 Å². The van der Waals surface area contributed by atoms with Crippen molar-refractivity contribution in [3.8, 4) is 5.75 Å². The van der Waals surface area contributed by atoms with Gasteiger partial charge in [0.1, 0.15) is 5.75 Å². The molecule has 0 bridgehead atoms. The van der Waals surface area contributed by atoms with Crippen LogP contribution in [0.1, 0.15) is 16.1 Å². The van der Waals surface area contributed by atoms with Gasteiger partial charge >= 0.3 is 5.97 Å². The van der Waals surface area contributed by atoms with Gasteiger partial charge in [-0.25, -0.2) is 4.79 Å². The molecule has 2 aromatic carbocycles. The number of esters is 1. The van der Waals surface area contributed by atoms with Crippen LogP contribution in [0.5, 0.6) is 5.75 Å². The van der Waals surface area contributed by atoms with E-state index in [1.807, 2.05) is 35.2 Å². The maximum atomic E-state index is 12.0. The fraction of sp³-hybridized carbons (Fsp3) is 0.200. The minimum absolute atomic E-state index is 0.141. The van der Waals surface area contributed by atoms with Gasteiger partial charge in [-0.1, -0.05) is 30.3 Å². The number of nitrogens with zero attached hydrogens (tertiary/aromatic N) is 6. The molecule has 1 fully saturated rings. The number of nitrogens with one attached hydrogen (secondary N) is 1. The quantitative estimate of drug-likeness (QED) is 0.217. The number of carbonyl (C=O) groups excluding carboxylic acids is 1. The van der Waals surface area contributed by atoms with Gasteiger partial charge in [-0.15, -0.1) is 5.11 Å². The normalized spacial score (nSPS) is 13.6. The summed E-state index contributed by atoms with van der Waals surface area (Å²) in [6, 6.07) is 19.8. The Balaban J connectivity index is 1.27. The van der Waals surface area contributed by atoms with Crippen LogP contribution in [0, 0.1) is 0 Å². The van der Waals surface area contributed by atoms with Gasteiger partial charge in [0.25, 0.3) is 5.95 Å². The van der Waals surface area contributed by atoms with Crippen molar-refractivity contribution in [2.75, 3.05) is 36.5 Å². The fourth-order valence-electron chi connectivity index (χ4n) is 3.41. The predicted octanol–water partition coefficient (Wildman–Crippen LogP) is 4.55. The standard InChI is InChI=1S/C25H23N7O4/c33-22(21-7-4-14-35-21)36-20-10-8-18(9-11-20)17-26-31-24-28-23(27-19-5-2-1-3-6-19)29-25(30-24)32-12-15-34-16-13-32/h1-11,14H,12-13,15-17H2,(H,27,28,29,30). The van der Waals surface area contributed by atoms with E-state index in [1.54, 1.807) is 36.4 Å². The molecule has 0 radical (unpaired) electrons. The summed E-state index contributed by atoms with van der Waals surface area (Å²) in [6.45, 7) is 2.88. The molecule has 4 aromatic rings. The van der Waals surface area contributed by atoms with Crippen LogP contribution >= 0.6 is 0 Å². The van der Waals surface area contributed by atoms with Gasteiger partial charge in [-0.2, -0.15) is 20.1 Å². The molecule has 2 aromatic heterocycles. The molecule has 1 saturated heterocycles. The van der Waals surface area contributed by atoms with Crippen molar-refractivity contribution >= 4 is 29.5 Å². The van der Waals surface area contributed by atoms with Crippen molar-refractivity contribution in [2.24, 2.45) is 10.2 Å². The van der Waals surface area contributed by atoms with E-state index in [-0.39, 0.29) is 11.7 Å². The summed E-state index contributed by atoms with van der Waals surface area (Å²) in [4.78, 5) is 27.5. The van der Waals surface area contributed by atoms with Crippen LogP contribution in [0.25, 0.3) is 0 Å². The molecule has 0 amide bonds. The Morgan fingerprint density at radius 1 is 0.972 bits per heavy atom. The third-order valence-corrected chi connectivity index (χ3v) is 5.21. The second-order valence-corrected chi connectivity index (χ2v) is 7.76. The summed E-state index contributed by atoms with van der Waals surface area (Å²) >= 11 is 0. The molecule has 1 N–H and O–H groups in total. The summed E-state index contributed by atoms with van der Waals surface area (Å²) in [5.41, 5.74) is 1.73. The number of rotatable bonds is 8. The molecule has 36 heavy (non-hydrogen) atoms. The number of para-hydroxylation sites is 1. The SMILES string of the molecule is O=C(Oc1ccc(CN=Nc2nc(Nc3ccccc3)nc(N3CCOCC3)n2)cc1)c1ccco1. The topological polar surface area (TPSA) is 127 Å². The largest absolute Gasteiger partial charge is 0.457 e. The van der Waals surface area contributed by atoms with Crippen molar-refractivity contribution in [1.82, 2.24) is 15.0 Å². The smallest absolute Gasteiger partial charge is 0.379 e. The van der Waals surface area contributed by atoms with Gasteiger partial charge in [0.15, 0.2) is 0 Å². The molecule has 182 valence electrons. The number of furan rings is 1. The average molecular weight is 486 g/mol. The first-order valence-electron chi connectivity index (χ1n) is 11.4. The van der Waals surface area contributed by atoms with Crippen LogP contribution in [0.4, 0.5) is 23.5 Å². The molecule has 1 aliphatic heterocycles. The molecule has 11 heteroatoms. The van der Waals surface area contributed by atoms with Crippen LogP contribution in [-0.2, 0) is 11.3 Å². The molecule has 0 saturated carbocycles. The monoisotopic (exact) mass is 485 g/mol. The number of hydrogen-bond acceptors (Lipinski definition) is 11. The number of morpholine rings is 1. The van der Waals surface area contributed by atoms with E-state index in [0.29, 0.717) is 50.5 Å². The summed E-state index contributed by atoms with van der Waals surface area (Å²) in [6.07, 6.45) is 1.42. The molecular formula is C25H23N7O4. The first-order valence-corrected chi connectivity index (χ1v) is 11.4. The van der Waals surface area contributed by atoms with Crippen molar-refractivity contribution < 1.29 is 18.7 Å². The number of azo groups is 1. The zero-order chi connectivity index (χ0) is 24.6. The Morgan fingerprint density at radius 2 is 1.78 bits per heavy atom. The van der Waals surface area contributed by atoms with Gasteiger partial charge in [-0.3, -0.25) is 0 Å². The van der Waals surface area contributed by atoms with Crippen LogP contribution < -0.4 is 15.0 Å². The van der Waals surface area contributed by atoms with Crippen LogP contribution in [0.15, 0.2) is 87.6 Å². The second-order valence-electron chi connectivity index (χ2n) is 7.76. The molecule has 11 nitrogen and oxygen atoms in total. The lowest BCUT2D eigenvalue weighted by atomic mass is 10.2. The molecular weight excluding hydrogens is 462 g/mol. The molecule has 0 unspecified atom stereocenters. The van der Waals surface area contributed by atoms with Gasteiger partial charge in [0.05, 0.1) is 26.0 Å². The number of aromatic nitrogens is 3. The van der Waals surface area contributed by atoms with E-state index in [2.05, 4.69) is 30.5 Å². The zero-order valence-electron chi connectivity index (χ0n) is 19.3. The van der Waals surface area contributed by atoms with E-state index in [1.165, 1.54) is 6.26 Å². The lowest BCUT2D eigenvalue weighted by Gasteiger charge is -2.26. The Hall–Kier alpha value is -4.64. The minimum Gasteiger partial charge on any atom is -0.457 e. The summed E-state index contributed by atoms with van der Waals surface area (Å²) in [7, 11) is 0. The zero-order valence-corrected chi connectivity index (χ0v) is 19.3. The van der Waals surface area contributed by atoms with Crippen molar-refractivity contribution in [3.05, 3.63) is 84.3 Å². The first-order chi connectivity index (χ1) is 17.7. The maximum Gasteiger partial charge on any atom is 0.379 e. The Kier molecular flexibility index (Phi) is 7.19. The van der Waals surface area contributed by atoms with E-state index in [4.69, 9.17) is 13.9 Å². The lowest BCUT2D eigenvalue weighted by Crippen LogP contribution is -2.37.